The molecule has 0 saturated carbocycles. The van der Waals surface area contributed by atoms with Crippen LogP contribution in [0, 0.1) is 5.82 Å². The summed E-state index contributed by atoms with van der Waals surface area (Å²) in [5, 5.41) is 0.421. The highest BCUT2D eigenvalue weighted by atomic mass is 35.5. The van der Waals surface area contributed by atoms with Crippen molar-refractivity contribution in [3.05, 3.63) is 69.5 Å². The van der Waals surface area contributed by atoms with Gasteiger partial charge in [0.25, 0.3) is 0 Å². The van der Waals surface area contributed by atoms with Crippen molar-refractivity contribution in [1.29, 1.82) is 0 Å². The third-order valence-electron chi connectivity index (χ3n) is 2.40. The molecule has 0 nitrogen and oxygen atoms in total. The van der Waals surface area contributed by atoms with E-state index in [1.54, 1.807) is 36.4 Å². The monoisotopic (exact) mass is 288 g/mol. The first-order chi connectivity index (χ1) is 8.08. The Hall–Kier alpha value is -0.760. The van der Waals surface area contributed by atoms with E-state index in [1.165, 1.54) is 6.07 Å². The highest BCUT2D eigenvalue weighted by Gasteiger charge is 2.15. The first-order valence-electron chi connectivity index (χ1n) is 4.92. The summed E-state index contributed by atoms with van der Waals surface area (Å²) >= 11 is 17.7. The molecule has 0 fully saturated rings. The van der Waals surface area contributed by atoms with Gasteiger partial charge in [0, 0.05) is 15.6 Å². The van der Waals surface area contributed by atoms with Gasteiger partial charge in [0.2, 0.25) is 0 Å². The smallest absolute Gasteiger partial charge is 0.129 e. The molecular formula is C13H8Cl3F. The van der Waals surface area contributed by atoms with Gasteiger partial charge in [0.15, 0.2) is 0 Å². The Labute approximate surface area is 114 Å². The van der Waals surface area contributed by atoms with Gasteiger partial charge in [-0.1, -0.05) is 41.4 Å². The standard InChI is InChI=1S/C13H8Cl3F/c14-9-3-1-8(2-4-9)13(16)11-6-5-10(15)7-12(11)17/h1-7,13H. The predicted molar refractivity (Wildman–Crippen MR) is 70.6 cm³/mol. The molecule has 1 atom stereocenters. The van der Waals surface area contributed by atoms with Crippen molar-refractivity contribution < 1.29 is 4.39 Å². The van der Waals surface area contributed by atoms with E-state index in [0.29, 0.717) is 15.6 Å². The lowest BCUT2D eigenvalue weighted by Crippen LogP contribution is -1.96. The molecule has 88 valence electrons. The van der Waals surface area contributed by atoms with Gasteiger partial charge >= 0.3 is 0 Å². The topological polar surface area (TPSA) is 0 Å². The normalized spacial score (nSPS) is 12.5. The Morgan fingerprint density at radius 3 is 2.06 bits per heavy atom. The van der Waals surface area contributed by atoms with E-state index < -0.39 is 11.2 Å². The van der Waals surface area contributed by atoms with Crippen LogP contribution in [0.2, 0.25) is 10.0 Å². The quantitative estimate of drug-likeness (QED) is 0.644. The van der Waals surface area contributed by atoms with Gasteiger partial charge in [-0.25, -0.2) is 4.39 Å². The fourth-order valence-corrected chi connectivity index (χ4v) is 2.13. The molecule has 0 bridgehead atoms. The Kier molecular flexibility index (Phi) is 3.93. The highest BCUT2D eigenvalue weighted by Crippen LogP contribution is 2.32. The maximum Gasteiger partial charge on any atom is 0.129 e. The maximum absolute atomic E-state index is 13.7. The van der Waals surface area contributed by atoms with Crippen LogP contribution in [0.4, 0.5) is 4.39 Å². The molecule has 4 heteroatoms. The van der Waals surface area contributed by atoms with Crippen LogP contribution in [-0.4, -0.2) is 0 Å². The van der Waals surface area contributed by atoms with Gasteiger partial charge in [0.1, 0.15) is 5.82 Å². The van der Waals surface area contributed by atoms with E-state index in [-0.39, 0.29) is 0 Å². The summed E-state index contributed by atoms with van der Waals surface area (Å²) in [6.45, 7) is 0. The number of halogens is 4. The van der Waals surface area contributed by atoms with Gasteiger partial charge in [-0.3, -0.25) is 0 Å². The van der Waals surface area contributed by atoms with Gasteiger partial charge in [-0.15, -0.1) is 11.6 Å². The van der Waals surface area contributed by atoms with Crippen LogP contribution in [-0.2, 0) is 0 Å². The van der Waals surface area contributed by atoms with Crippen molar-refractivity contribution in [3.63, 3.8) is 0 Å². The highest BCUT2D eigenvalue weighted by molar-refractivity contribution is 6.31. The molecule has 1 unspecified atom stereocenters. The summed E-state index contributed by atoms with van der Waals surface area (Å²) in [5.74, 6) is -0.410. The first-order valence-corrected chi connectivity index (χ1v) is 6.11. The third-order valence-corrected chi connectivity index (χ3v) is 3.37. The molecule has 0 spiro atoms. The second-order valence-corrected chi connectivity index (χ2v) is 4.89. The van der Waals surface area contributed by atoms with Crippen molar-refractivity contribution in [2.24, 2.45) is 0 Å². The summed E-state index contributed by atoms with van der Waals surface area (Å²) < 4.78 is 13.7. The molecule has 0 aliphatic heterocycles. The average molecular weight is 290 g/mol. The SMILES string of the molecule is Fc1cc(Cl)ccc1C(Cl)c1ccc(Cl)cc1. The summed E-state index contributed by atoms with van der Waals surface area (Å²) in [4.78, 5) is 0. The molecule has 0 radical (unpaired) electrons. The van der Waals surface area contributed by atoms with Gasteiger partial charge in [-0.05, 0) is 29.8 Å². The second kappa shape index (κ2) is 5.26. The van der Waals surface area contributed by atoms with E-state index in [1.807, 2.05) is 0 Å². The predicted octanol–water partition coefficient (Wildman–Crippen LogP) is 5.46. The number of hydrogen-bond donors (Lipinski definition) is 0. The molecule has 17 heavy (non-hydrogen) atoms. The van der Waals surface area contributed by atoms with Crippen molar-refractivity contribution >= 4 is 34.8 Å². The zero-order valence-corrected chi connectivity index (χ0v) is 10.9. The van der Waals surface area contributed by atoms with Gasteiger partial charge < -0.3 is 0 Å². The summed E-state index contributed by atoms with van der Waals surface area (Å²) in [7, 11) is 0. The Balaban J connectivity index is 2.36. The lowest BCUT2D eigenvalue weighted by atomic mass is 10.0. The van der Waals surface area contributed by atoms with Crippen LogP contribution in [0.3, 0.4) is 0 Å². The lowest BCUT2D eigenvalue weighted by molar-refractivity contribution is 0.612. The third kappa shape index (κ3) is 2.92. The van der Waals surface area contributed by atoms with E-state index in [9.17, 15) is 4.39 Å². The van der Waals surface area contributed by atoms with Crippen molar-refractivity contribution in [1.82, 2.24) is 0 Å². The van der Waals surface area contributed by atoms with Crippen LogP contribution >= 0.6 is 34.8 Å². The summed E-state index contributed by atoms with van der Waals surface area (Å²) in [6, 6.07) is 11.4. The lowest BCUT2D eigenvalue weighted by Gasteiger charge is -2.11. The minimum Gasteiger partial charge on any atom is -0.207 e. The van der Waals surface area contributed by atoms with Crippen LogP contribution < -0.4 is 0 Å². The molecule has 2 aromatic carbocycles. The summed E-state index contributed by atoms with van der Waals surface area (Å²) in [6.07, 6.45) is 0. The fraction of sp³-hybridized carbons (Fsp3) is 0.0769. The molecular weight excluding hydrogens is 282 g/mol. The fourth-order valence-electron chi connectivity index (χ4n) is 1.52. The number of hydrogen-bond acceptors (Lipinski definition) is 0. The van der Waals surface area contributed by atoms with Gasteiger partial charge in [0.05, 0.1) is 5.38 Å². The molecule has 0 heterocycles. The van der Waals surface area contributed by atoms with Crippen LogP contribution in [0.1, 0.15) is 16.5 Å². The number of alkyl halides is 1. The van der Waals surface area contributed by atoms with Crippen LogP contribution in [0.5, 0.6) is 0 Å². The molecule has 2 aromatic rings. The van der Waals surface area contributed by atoms with Crippen LogP contribution in [0.15, 0.2) is 42.5 Å². The zero-order chi connectivity index (χ0) is 12.4. The van der Waals surface area contributed by atoms with Crippen molar-refractivity contribution in [2.45, 2.75) is 5.38 Å². The molecule has 0 aromatic heterocycles. The summed E-state index contributed by atoms with van der Waals surface area (Å²) in [5.41, 5.74) is 1.19. The largest absolute Gasteiger partial charge is 0.207 e. The van der Waals surface area contributed by atoms with E-state index in [2.05, 4.69) is 0 Å². The molecule has 0 aliphatic rings. The molecule has 0 N–H and O–H groups in total. The molecule has 2 rings (SSSR count). The number of rotatable bonds is 2. The second-order valence-electron chi connectivity index (χ2n) is 3.58. The van der Waals surface area contributed by atoms with E-state index in [0.717, 1.165) is 5.56 Å². The molecule has 0 aliphatic carbocycles. The zero-order valence-electron chi connectivity index (χ0n) is 8.63. The Morgan fingerprint density at radius 2 is 1.47 bits per heavy atom. The maximum atomic E-state index is 13.7. The Morgan fingerprint density at radius 1 is 0.882 bits per heavy atom. The minimum absolute atomic E-state index is 0.353. The van der Waals surface area contributed by atoms with Crippen molar-refractivity contribution in [2.75, 3.05) is 0 Å². The minimum atomic E-state index is -0.551. The Bertz CT molecular complexity index is 523. The van der Waals surface area contributed by atoms with Crippen molar-refractivity contribution in [3.8, 4) is 0 Å². The average Bonchev–Trinajstić information content (AvgIpc) is 2.29. The van der Waals surface area contributed by atoms with Crippen LogP contribution in [0.25, 0.3) is 0 Å². The van der Waals surface area contributed by atoms with E-state index >= 15 is 0 Å². The first kappa shape index (κ1) is 12.7. The van der Waals surface area contributed by atoms with E-state index in [4.69, 9.17) is 34.8 Å². The molecule has 0 amide bonds. The van der Waals surface area contributed by atoms with Gasteiger partial charge in [-0.2, -0.15) is 0 Å². The molecule has 0 saturated heterocycles. The number of benzene rings is 2.